The largest absolute Gasteiger partial charge is 0.493 e. The summed E-state index contributed by atoms with van der Waals surface area (Å²) >= 11 is 0. The highest BCUT2D eigenvalue weighted by Crippen LogP contribution is 2.34. The number of nitrogens with zero attached hydrogens (tertiary/aromatic N) is 1. The Kier molecular flexibility index (Phi) is 5.43. The topological polar surface area (TPSA) is 154 Å². The highest BCUT2D eigenvalue weighted by atomic mass is 16.6. The summed E-state index contributed by atoms with van der Waals surface area (Å²) in [5.74, 6) is -0.809. The Bertz CT molecular complexity index is 573. The molecule has 0 radical (unpaired) electrons. The average Bonchev–Trinajstić information content (AvgIpc) is 2.43. The van der Waals surface area contributed by atoms with Crippen LogP contribution >= 0.6 is 0 Å². The fourth-order valence-corrected chi connectivity index (χ4v) is 1.48. The van der Waals surface area contributed by atoms with Crippen molar-refractivity contribution in [2.75, 3.05) is 13.7 Å². The van der Waals surface area contributed by atoms with Gasteiger partial charge >= 0.3 is 6.03 Å². The summed E-state index contributed by atoms with van der Waals surface area (Å²) in [6.45, 7) is -1.15. The van der Waals surface area contributed by atoms with Gasteiger partial charge in [0.2, 0.25) is 0 Å². The first-order valence-corrected chi connectivity index (χ1v) is 5.57. The van der Waals surface area contributed by atoms with E-state index in [9.17, 15) is 19.7 Å². The lowest BCUT2D eigenvalue weighted by Gasteiger charge is -2.11. The molecule has 0 aromatic heterocycles. The summed E-state index contributed by atoms with van der Waals surface area (Å²) in [6, 6.07) is 1.19. The van der Waals surface area contributed by atoms with Crippen molar-refractivity contribution in [3.63, 3.8) is 0 Å². The molecule has 1 aromatic rings. The molecule has 0 saturated carbocycles. The van der Waals surface area contributed by atoms with Gasteiger partial charge in [0.05, 0.1) is 30.3 Å². The van der Waals surface area contributed by atoms with E-state index in [-0.39, 0.29) is 22.7 Å². The van der Waals surface area contributed by atoms with E-state index < -0.39 is 30.1 Å². The van der Waals surface area contributed by atoms with Crippen molar-refractivity contribution >= 4 is 17.6 Å². The first-order chi connectivity index (χ1) is 9.88. The van der Waals surface area contributed by atoms with Crippen LogP contribution in [0, 0.1) is 10.1 Å². The summed E-state index contributed by atoms with van der Waals surface area (Å²) in [4.78, 5) is 31.8. The minimum Gasteiger partial charge on any atom is -0.493 e. The summed E-state index contributed by atoms with van der Waals surface area (Å²) in [5.41, 5.74) is 4.40. The number of ether oxygens (including phenoxy) is 2. The fourth-order valence-electron chi connectivity index (χ4n) is 1.48. The number of primary amides is 1. The van der Waals surface area contributed by atoms with E-state index in [0.717, 1.165) is 6.07 Å². The molecular weight excluding hydrogens is 286 g/mol. The maximum Gasteiger partial charge on any atom is 0.318 e. The van der Waals surface area contributed by atoms with Crippen molar-refractivity contribution in [3.8, 4) is 11.5 Å². The van der Waals surface area contributed by atoms with Crippen molar-refractivity contribution < 1.29 is 29.1 Å². The Morgan fingerprint density at radius 3 is 2.57 bits per heavy atom. The van der Waals surface area contributed by atoms with Gasteiger partial charge in [-0.3, -0.25) is 20.2 Å². The number of amides is 3. The lowest BCUT2D eigenvalue weighted by Crippen LogP contribution is -2.38. The van der Waals surface area contributed by atoms with Crippen molar-refractivity contribution in [1.29, 1.82) is 0 Å². The van der Waals surface area contributed by atoms with Crippen LogP contribution in [0.25, 0.3) is 0 Å². The standard InChI is InChI=1S/C11H13N3O7/c1-20-8-2-6(4-15)7(14(18)19)3-9(8)21-5-10(16)13-11(12)17/h2-3,15H,4-5H2,1H3,(H3,12,13,16,17). The van der Waals surface area contributed by atoms with Gasteiger partial charge in [0.25, 0.3) is 11.6 Å². The molecule has 0 heterocycles. The molecule has 3 amide bonds. The van der Waals surface area contributed by atoms with Crippen molar-refractivity contribution in [2.45, 2.75) is 6.61 Å². The van der Waals surface area contributed by atoms with Crippen molar-refractivity contribution in [3.05, 3.63) is 27.8 Å². The zero-order valence-electron chi connectivity index (χ0n) is 11.0. The highest BCUT2D eigenvalue weighted by molar-refractivity contribution is 5.94. The van der Waals surface area contributed by atoms with Crippen molar-refractivity contribution in [1.82, 2.24) is 5.32 Å². The van der Waals surface area contributed by atoms with Gasteiger partial charge < -0.3 is 20.3 Å². The van der Waals surface area contributed by atoms with E-state index in [1.807, 2.05) is 0 Å². The van der Waals surface area contributed by atoms with Gasteiger partial charge in [0.1, 0.15) is 0 Å². The SMILES string of the molecule is COc1cc(CO)c([N+](=O)[O-])cc1OCC(=O)NC(N)=O. The quantitative estimate of drug-likeness (QED) is 0.480. The number of aliphatic hydroxyl groups is 1. The van der Waals surface area contributed by atoms with E-state index in [1.165, 1.54) is 13.2 Å². The summed E-state index contributed by atoms with van der Waals surface area (Å²) in [6.07, 6.45) is 0. The van der Waals surface area contributed by atoms with E-state index in [1.54, 1.807) is 5.32 Å². The van der Waals surface area contributed by atoms with Gasteiger partial charge in [0, 0.05) is 0 Å². The number of carbonyl (C=O) groups excluding carboxylic acids is 2. The van der Waals surface area contributed by atoms with Gasteiger partial charge in [-0.25, -0.2) is 4.79 Å². The van der Waals surface area contributed by atoms with Gasteiger partial charge in [0.15, 0.2) is 18.1 Å². The Labute approximate surface area is 118 Å². The zero-order valence-corrected chi connectivity index (χ0v) is 11.0. The molecule has 0 aliphatic carbocycles. The maximum absolute atomic E-state index is 11.2. The molecule has 0 saturated heterocycles. The van der Waals surface area contributed by atoms with Gasteiger partial charge in [-0.2, -0.15) is 0 Å². The summed E-state index contributed by atoms with van der Waals surface area (Å²) in [7, 11) is 1.29. The Hall–Kier alpha value is -2.88. The highest BCUT2D eigenvalue weighted by Gasteiger charge is 2.20. The average molecular weight is 299 g/mol. The third kappa shape index (κ3) is 4.31. The molecule has 0 bridgehead atoms. The number of hydrogen-bond acceptors (Lipinski definition) is 7. The summed E-state index contributed by atoms with van der Waals surface area (Å²) < 4.78 is 10.0. The van der Waals surface area contributed by atoms with Gasteiger partial charge in [-0.05, 0) is 6.07 Å². The molecule has 10 nitrogen and oxygen atoms in total. The maximum atomic E-state index is 11.2. The molecule has 1 aromatic carbocycles. The number of benzene rings is 1. The number of nitro groups is 1. The minimum absolute atomic E-state index is 0.0331. The van der Waals surface area contributed by atoms with Crippen LogP contribution < -0.4 is 20.5 Å². The number of rotatable bonds is 6. The third-order valence-electron chi connectivity index (χ3n) is 2.35. The number of carbonyl (C=O) groups is 2. The number of hydrogen-bond donors (Lipinski definition) is 3. The molecule has 4 N–H and O–H groups in total. The molecule has 0 fully saturated rings. The third-order valence-corrected chi connectivity index (χ3v) is 2.35. The Morgan fingerprint density at radius 1 is 1.43 bits per heavy atom. The van der Waals surface area contributed by atoms with Crippen LogP contribution in [0.5, 0.6) is 11.5 Å². The number of aliphatic hydroxyl groups excluding tert-OH is 1. The molecule has 114 valence electrons. The monoisotopic (exact) mass is 299 g/mol. The zero-order chi connectivity index (χ0) is 16.0. The number of nitrogens with two attached hydrogens (primary N) is 1. The number of nitro benzene ring substituents is 1. The Balaban J connectivity index is 3.00. The lowest BCUT2D eigenvalue weighted by molar-refractivity contribution is -0.385. The van der Waals surface area contributed by atoms with E-state index in [0.29, 0.717) is 0 Å². The predicted molar refractivity (Wildman–Crippen MR) is 68.8 cm³/mol. The second kappa shape index (κ2) is 7.05. The molecule has 10 heteroatoms. The number of urea groups is 1. The van der Waals surface area contributed by atoms with Crippen LogP contribution in [0.2, 0.25) is 0 Å². The molecule has 0 unspecified atom stereocenters. The van der Waals surface area contributed by atoms with E-state index >= 15 is 0 Å². The van der Waals surface area contributed by atoms with Gasteiger partial charge in [-0.1, -0.05) is 0 Å². The van der Waals surface area contributed by atoms with Gasteiger partial charge in [-0.15, -0.1) is 0 Å². The molecule has 0 spiro atoms. The van der Waals surface area contributed by atoms with Crippen LogP contribution in [0.4, 0.5) is 10.5 Å². The normalized spacial score (nSPS) is 9.81. The van der Waals surface area contributed by atoms with Crippen LogP contribution in [0.1, 0.15) is 5.56 Å². The predicted octanol–water partition coefficient (Wildman–Crippen LogP) is -0.331. The van der Waals surface area contributed by atoms with Crippen molar-refractivity contribution in [2.24, 2.45) is 5.73 Å². The second-order valence-electron chi connectivity index (χ2n) is 3.75. The van der Waals surface area contributed by atoms with Crippen LogP contribution in [-0.4, -0.2) is 35.7 Å². The van der Waals surface area contributed by atoms with Crippen LogP contribution in [-0.2, 0) is 11.4 Å². The van der Waals surface area contributed by atoms with E-state index in [4.69, 9.17) is 20.3 Å². The first-order valence-electron chi connectivity index (χ1n) is 5.57. The number of nitrogens with one attached hydrogen (secondary N) is 1. The molecule has 21 heavy (non-hydrogen) atoms. The molecule has 0 aliphatic heterocycles. The Morgan fingerprint density at radius 2 is 2.10 bits per heavy atom. The van der Waals surface area contributed by atoms with Crippen LogP contribution in [0.3, 0.4) is 0 Å². The second-order valence-corrected chi connectivity index (χ2v) is 3.75. The number of methoxy groups -OCH3 is 1. The fraction of sp³-hybridized carbons (Fsp3) is 0.273. The first kappa shape index (κ1) is 16.2. The molecular formula is C11H13N3O7. The summed E-state index contributed by atoms with van der Waals surface area (Å²) in [5, 5.41) is 21.7. The smallest absolute Gasteiger partial charge is 0.318 e. The van der Waals surface area contributed by atoms with E-state index in [2.05, 4.69) is 0 Å². The molecule has 0 aliphatic rings. The molecule has 0 atom stereocenters. The number of imide groups is 1. The van der Waals surface area contributed by atoms with Crippen LogP contribution in [0.15, 0.2) is 12.1 Å². The minimum atomic E-state index is -1.04. The molecule has 1 rings (SSSR count). The lowest BCUT2D eigenvalue weighted by atomic mass is 10.1.